The van der Waals surface area contributed by atoms with Gasteiger partial charge in [-0.1, -0.05) is 43.0 Å². The van der Waals surface area contributed by atoms with Gasteiger partial charge in [-0.05, 0) is 25.0 Å². The summed E-state index contributed by atoms with van der Waals surface area (Å²) in [6.45, 7) is 5.76. The maximum atomic E-state index is 5.97. The summed E-state index contributed by atoms with van der Waals surface area (Å²) in [6.07, 6.45) is 7.12. The Kier molecular flexibility index (Phi) is 5.71. The number of aromatic nitrogens is 1. The van der Waals surface area contributed by atoms with E-state index >= 15 is 0 Å². The predicted octanol–water partition coefficient (Wildman–Crippen LogP) is 4.91. The van der Waals surface area contributed by atoms with E-state index in [1.165, 1.54) is 64.0 Å². The second-order valence-electron chi connectivity index (χ2n) is 7.25. The lowest BCUT2D eigenvalue weighted by Crippen LogP contribution is -2.50. The Morgan fingerprint density at radius 3 is 2.44 bits per heavy atom. The summed E-state index contributed by atoms with van der Waals surface area (Å²) < 4.78 is 0. The quantitative estimate of drug-likeness (QED) is 0.756. The van der Waals surface area contributed by atoms with Gasteiger partial charge in [0.15, 0.2) is 0 Å². The molecule has 1 aliphatic heterocycles. The fourth-order valence-electron chi connectivity index (χ4n) is 4.07. The lowest BCUT2D eigenvalue weighted by Gasteiger charge is -2.40. The van der Waals surface area contributed by atoms with Gasteiger partial charge in [0, 0.05) is 54.7 Å². The Balaban J connectivity index is 1.31. The first kappa shape index (κ1) is 17.5. The number of thiazole rings is 1. The second kappa shape index (κ2) is 8.17. The molecule has 0 amide bonds. The second-order valence-corrected chi connectivity index (χ2v) is 8.55. The molecule has 0 spiro atoms. The van der Waals surface area contributed by atoms with Gasteiger partial charge >= 0.3 is 0 Å². The number of halogens is 1. The van der Waals surface area contributed by atoms with Gasteiger partial charge in [0.05, 0.1) is 5.69 Å². The highest BCUT2D eigenvalue weighted by Crippen LogP contribution is 2.27. The standard InChI is InChI=1S/C20H26ClN3S/c21-17-8-6-16(7-9-17)20-22-18(15-25-20)14-23-10-12-24(13-11-23)19-4-2-1-3-5-19/h6-9,15,19H,1-5,10-14H2. The lowest BCUT2D eigenvalue weighted by molar-refractivity contribution is 0.0750. The molecule has 0 bridgehead atoms. The van der Waals surface area contributed by atoms with Crippen LogP contribution in [0.5, 0.6) is 0 Å². The van der Waals surface area contributed by atoms with Crippen molar-refractivity contribution in [3.05, 3.63) is 40.4 Å². The molecule has 25 heavy (non-hydrogen) atoms. The SMILES string of the molecule is Clc1ccc(-c2nc(CN3CCN(C4CCCCC4)CC3)cs2)cc1. The average Bonchev–Trinajstić information content (AvgIpc) is 3.12. The smallest absolute Gasteiger partial charge is 0.123 e. The molecule has 0 unspecified atom stereocenters. The van der Waals surface area contributed by atoms with Crippen molar-refractivity contribution >= 4 is 22.9 Å². The van der Waals surface area contributed by atoms with Crippen LogP contribution in [0, 0.1) is 0 Å². The van der Waals surface area contributed by atoms with E-state index in [9.17, 15) is 0 Å². The number of piperazine rings is 1. The molecular weight excluding hydrogens is 350 g/mol. The predicted molar refractivity (Wildman–Crippen MR) is 106 cm³/mol. The first-order valence-electron chi connectivity index (χ1n) is 9.45. The van der Waals surface area contributed by atoms with Gasteiger partial charge in [0.25, 0.3) is 0 Å². The van der Waals surface area contributed by atoms with Gasteiger partial charge in [0.2, 0.25) is 0 Å². The van der Waals surface area contributed by atoms with Gasteiger partial charge in [0.1, 0.15) is 5.01 Å². The van der Waals surface area contributed by atoms with Crippen molar-refractivity contribution in [2.45, 2.75) is 44.7 Å². The van der Waals surface area contributed by atoms with Crippen LogP contribution in [0.25, 0.3) is 10.6 Å². The van der Waals surface area contributed by atoms with Crippen molar-refractivity contribution < 1.29 is 0 Å². The monoisotopic (exact) mass is 375 g/mol. The molecule has 2 heterocycles. The van der Waals surface area contributed by atoms with Crippen molar-refractivity contribution in [2.24, 2.45) is 0 Å². The number of rotatable bonds is 4. The van der Waals surface area contributed by atoms with Crippen molar-refractivity contribution in [1.29, 1.82) is 0 Å². The van der Waals surface area contributed by atoms with Crippen LogP contribution < -0.4 is 0 Å². The molecule has 1 aromatic heterocycles. The highest BCUT2D eigenvalue weighted by molar-refractivity contribution is 7.13. The molecule has 0 radical (unpaired) electrons. The number of hydrogen-bond donors (Lipinski definition) is 0. The summed E-state index contributed by atoms with van der Waals surface area (Å²) in [7, 11) is 0. The summed E-state index contributed by atoms with van der Waals surface area (Å²) in [5.74, 6) is 0. The molecule has 134 valence electrons. The highest BCUT2D eigenvalue weighted by Gasteiger charge is 2.25. The zero-order chi connectivity index (χ0) is 17.1. The van der Waals surface area contributed by atoms with Crippen LogP contribution in [-0.4, -0.2) is 47.0 Å². The highest BCUT2D eigenvalue weighted by atomic mass is 35.5. The molecular formula is C20H26ClN3S. The van der Waals surface area contributed by atoms with E-state index in [2.05, 4.69) is 15.2 Å². The third-order valence-corrected chi connectivity index (χ3v) is 6.72. The molecule has 1 saturated carbocycles. The van der Waals surface area contributed by atoms with Gasteiger partial charge in [-0.2, -0.15) is 0 Å². The Morgan fingerprint density at radius 2 is 1.72 bits per heavy atom. The van der Waals surface area contributed by atoms with Crippen LogP contribution in [0.1, 0.15) is 37.8 Å². The molecule has 1 aromatic carbocycles. The molecule has 3 nitrogen and oxygen atoms in total. The van der Waals surface area contributed by atoms with Crippen LogP contribution in [0.3, 0.4) is 0 Å². The van der Waals surface area contributed by atoms with Crippen LogP contribution in [0.2, 0.25) is 5.02 Å². The fourth-order valence-corrected chi connectivity index (χ4v) is 5.01. The van der Waals surface area contributed by atoms with Crippen LogP contribution in [0.4, 0.5) is 0 Å². The van der Waals surface area contributed by atoms with E-state index in [4.69, 9.17) is 16.6 Å². The minimum atomic E-state index is 0.774. The molecule has 2 aromatic rings. The van der Waals surface area contributed by atoms with Crippen molar-refractivity contribution in [2.75, 3.05) is 26.2 Å². The van der Waals surface area contributed by atoms with E-state index in [-0.39, 0.29) is 0 Å². The number of nitrogens with zero attached hydrogens (tertiary/aromatic N) is 3. The van der Waals surface area contributed by atoms with E-state index in [0.29, 0.717) is 0 Å². The first-order chi connectivity index (χ1) is 12.3. The fraction of sp³-hybridized carbons (Fsp3) is 0.550. The van der Waals surface area contributed by atoms with Gasteiger partial charge in [-0.3, -0.25) is 9.80 Å². The number of benzene rings is 1. The van der Waals surface area contributed by atoms with E-state index < -0.39 is 0 Å². The Labute approximate surface area is 159 Å². The molecule has 2 aliphatic rings. The molecule has 2 fully saturated rings. The van der Waals surface area contributed by atoms with E-state index in [0.717, 1.165) is 28.2 Å². The molecule has 0 N–H and O–H groups in total. The Morgan fingerprint density at radius 1 is 1.00 bits per heavy atom. The maximum Gasteiger partial charge on any atom is 0.123 e. The normalized spacial score (nSPS) is 20.8. The Bertz CT molecular complexity index is 671. The van der Waals surface area contributed by atoms with Gasteiger partial charge < -0.3 is 0 Å². The van der Waals surface area contributed by atoms with Crippen LogP contribution in [0.15, 0.2) is 29.6 Å². The molecule has 4 rings (SSSR count). The van der Waals surface area contributed by atoms with Crippen molar-refractivity contribution in [3.8, 4) is 10.6 Å². The first-order valence-corrected chi connectivity index (χ1v) is 10.7. The third kappa shape index (κ3) is 4.43. The van der Waals surface area contributed by atoms with E-state index in [1.54, 1.807) is 11.3 Å². The molecule has 0 atom stereocenters. The van der Waals surface area contributed by atoms with Gasteiger partial charge in [-0.25, -0.2) is 4.98 Å². The summed E-state index contributed by atoms with van der Waals surface area (Å²) >= 11 is 7.70. The Hall–Kier alpha value is -0.940. The summed E-state index contributed by atoms with van der Waals surface area (Å²) in [5, 5.41) is 4.07. The van der Waals surface area contributed by atoms with E-state index in [1.807, 2.05) is 24.3 Å². The zero-order valence-electron chi connectivity index (χ0n) is 14.7. The zero-order valence-corrected chi connectivity index (χ0v) is 16.2. The average molecular weight is 376 g/mol. The summed E-state index contributed by atoms with van der Waals surface area (Å²) in [4.78, 5) is 10.1. The molecule has 5 heteroatoms. The molecule has 1 saturated heterocycles. The maximum absolute atomic E-state index is 5.97. The minimum Gasteiger partial charge on any atom is -0.298 e. The largest absolute Gasteiger partial charge is 0.298 e. The number of hydrogen-bond acceptors (Lipinski definition) is 4. The summed E-state index contributed by atoms with van der Waals surface area (Å²) in [6, 6.07) is 8.82. The summed E-state index contributed by atoms with van der Waals surface area (Å²) in [5.41, 5.74) is 2.35. The topological polar surface area (TPSA) is 19.4 Å². The third-order valence-electron chi connectivity index (χ3n) is 5.53. The van der Waals surface area contributed by atoms with Crippen LogP contribution >= 0.6 is 22.9 Å². The minimum absolute atomic E-state index is 0.774. The van der Waals surface area contributed by atoms with Gasteiger partial charge in [-0.15, -0.1) is 11.3 Å². The van der Waals surface area contributed by atoms with Crippen molar-refractivity contribution in [3.63, 3.8) is 0 Å². The molecule has 1 aliphatic carbocycles. The lowest BCUT2D eigenvalue weighted by atomic mass is 9.94. The van der Waals surface area contributed by atoms with Crippen molar-refractivity contribution in [1.82, 2.24) is 14.8 Å². The van der Waals surface area contributed by atoms with Crippen LogP contribution in [-0.2, 0) is 6.54 Å².